The fourth-order valence-electron chi connectivity index (χ4n) is 2.94. The summed E-state index contributed by atoms with van der Waals surface area (Å²) in [7, 11) is 0. The molecule has 0 unspecified atom stereocenters. The van der Waals surface area contributed by atoms with Crippen molar-refractivity contribution in [3.63, 3.8) is 0 Å². The van der Waals surface area contributed by atoms with Crippen LogP contribution in [-0.4, -0.2) is 47.1 Å². The minimum absolute atomic E-state index is 0.0925. The third-order valence-electron chi connectivity index (χ3n) is 4.37. The van der Waals surface area contributed by atoms with Crippen LogP contribution >= 0.6 is 0 Å². The molecule has 0 aliphatic carbocycles. The number of benzene rings is 1. The molecule has 0 saturated carbocycles. The van der Waals surface area contributed by atoms with Crippen LogP contribution in [0.5, 0.6) is 0 Å². The maximum absolute atomic E-state index is 13.5. The number of nitrogens with zero attached hydrogens (tertiary/aromatic N) is 3. The first-order chi connectivity index (χ1) is 14.9. The van der Waals surface area contributed by atoms with Crippen molar-refractivity contribution in [2.75, 3.05) is 31.5 Å². The molecule has 0 radical (unpaired) electrons. The van der Waals surface area contributed by atoms with Crippen LogP contribution in [0, 0.1) is 5.82 Å². The lowest BCUT2D eigenvalue weighted by Gasteiger charge is -2.12. The van der Waals surface area contributed by atoms with E-state index in [2.05, 4.69) is 35.9 Å². The molecule has 0 saturated heterocycles. The molecule has 0 aliphatic rings. The number of aromatic amines is 1. The fraction of sp³-hybridized carbons (Fsp3) is 0.350. The molecule has 31 heavy (non-hydrogen) atoms. The molecule has 4 N–H and O–H groups in total. The van der Waals surface area contributed by atoms with E-state index in [1.54, 1.807) is 6.07 Å². The van der Waals surface area contributed by atoms with Crippen molar-refractivity contribution < 1.29 is 17.6 Å². The summed E-state index contributed by atoms with van der Waals surface area (Å²) in [6.07, 6.45) is -0.984. The summed E-state index contributed by atoms with van der Waals surface area (Å²) in [6, 6.07) is 5.42. The molecular weight excluding hydrogens is 414 g/mol. The molecule has 0 aliphatic heterocycles. The maximum atomic E-state index is 13.5. The zero-order valence-electron chi connectivity index (χ0n) is 16.9. The third-order valence-corrected chi connectivity index (χ3v) is 4.37. The zero-order valence-corrected chi connectivity index (χ0v) is 16.9. The zero-order chi connectivity index (χ0) is 22.3. The Bertz CT molecular complexity index is 1030. The summed E-state index contributed by atoms with van der Waals surface area (Å²) < 4.78 is 51.6. The molecule has 2 heterocycles. The van der Waals surface area contributed by atoms with Crippen LogP contribution in [0.15, 0.2) is 41.7 Å². The third kappa shape index (κ3) is 6.30. The summed E-state index contributed by atoms with van der Waals surface area (Å²) in [6.45, 7) is 3.74. The van der Waals surface area contributed by atoms with Crippen molar-refractivity contribution >= 4 is 22.8 Å². The van der Waals surface area contributed by atoms with E-state index in [4.69, 9.17) is 0 Å². The molecule has 3 aromatic rings. The number of aromatic nitrogens is 3. The summed E-state index contributed by atoms with van der Waals surface area (Å²) in [5, 5.41) is 9.78. The van der Waals surface area contributed by atoms with Gasteiger partial charge in [-0.2, -0.15) is 13.2 Å². The van der Waals surface area contributed by atoms with Crippen LogP contribution in [0.25, 0.3) is 10.9 Å². The highest BCUT2D eigenvalue weighted by molar-refractivity contribution is 5.83. The van der Waals surface area contributed by atoms with Crippen molar-refractivity contribution in [3.8, 4) is 0 Å². The first-order valence-corrected chi connectivity index (χ1v) is 9.78. The number of halogens is 4. The Morgan fingerprint density at radius 1 is 1.16 bits per heavy atom. The molecule has 0 atom stereocenters. The molecule has 2 aromatic heterocycles. The van der Waals surface area contributed by atoms with Gasteiger partial charge in [0.25, 0.3) is 0 Å². The van der Waals surface area contributed by atoms with Crippen LogP contribution in [0.2, 0.25) is 0 Å². The summed E-state index contributed by atoms with van der Waals surface area (Å²) in [5.41, 5.74) is 0.843. The number of rotatable bonds is 8. The van der Waals surface area contributed by atoms with Crippen molar-refractivity contribution in [1.82, 2.24) is 25.6 Å². The molecule has 3 rings (SSSR count). The van der Waals surface area contributed by atoms with Crippen molar-refractivity contribution in [3.05, 3.63) is 53.7 Å². The molecular formula is C20H23F4N7. The molecule has 166 valence electrons. The Kier molecular flexibility index (Phi) is 7.27. The monoisotopic (exact) mass is 437 g/mol. The van der Waals surface area contributed by atoms with Gasteiger partial charge < -0.3 is 20.9 Å². The Morgan fingerprint density at radius 3 is 2.77 bits per heavy atom. The Hall–Kier alpha value is -3.37. The van der Waals surface area contributed by atoms with Crippen LogP contribution < -0.4 is 16.0 Å². The predicted octanol–water partition coefficient (Wildman–Crippen LogP) is 3.33. The second-order valence-electron chi connectivity index (χ2n) is 6.63. The number of alkyl halides is 3. The van der Waals surface area contributed by atoms with Crippen LogP contribution in [0.3, 0.4) is 0 Å². The molecule has 1 aromatic carbocycles. The Morgan fingerprint density at radius 2 is 2.00 bits per heavy atom. The largest absolute Gasteiger partial charge is 0.433 e. The average molecular weight is 437 g/mol. The van der Waals surface area contributed by atoms with Crippen LogP contribution in [-0.2, 0) is 12.6 Å². The highest BCUT2D eigenvalue weighted by atomic mass is 19.4. The highest BCUT2D eigenvalue weighted by Gasteiger charge is 2.32. The van der Waals surface area contributed by atoms with E-state index < -0.39 is 11.9 Å². The van der Waals surface area contributed by atoms with Gasteiger partial charge in [-0.05, 0) is 43.2 Å². The maximum Gasteiger partial charge on any atom is 0.433 e. The van der Waals surface area contributed by atoms with Gasteiger partial charge in [-0.3, -0.25) is 4.99 Å². The van der Waals surface area contributed by atoms with Gasteiger partial charge in [0.2, 0.25) is 5.95 Å². The smallest absolute Gasteiger partial charge is 0.361 e. The van der Waals surface area contributed by atoms with Crippen molar-refractivity contribution in [2.24, 2.45) is 4.99 Å². The molecule has 0 spiro atoms. The highest BCUT2D eigenvalue weighted by Crippen LogP contribution is 2.27. The van der Waals surface area contributed by atoms with Gasteiger partial charge >= 0.3 is 6.18 Å². The fourth-order valence-corrected chi connectivity index (χ4v) is 2.94. The van der Waals surface area contributed by atoms with E-state index in [0.717, 1.165) is 28.7 Å². The van der Waals surface area contributed by atoms with Gasteiger partial charge in [0.1, 0.15) is 11.5 Å². The lowest BCUT2D eigenvalue weighted by Crippen LogP contribution is -2.39. The van der Waals surface area contributed by atoms with Gasteiger partial charge in [0.05, 0.1) is 0 Å². The lowest BCUT2D eigenvalue weighted by molar-refractivity contribution is -0.141. The number of H-pyrrole nitrogens is 1. The van der Waals surface area contributed by atoms with Crippen LogP contribution in [0.1, 0.15) is 18.2 Å². The number of guanidine groups is 1. The van der Waals surface area contributed by atoms with E-state index in [-0.39, 0.29) is 11.8 Å². The number of aliphatic imine (C=N–C) groups is 1. The van der Waals surface area contributed by atoms with Crippen molar-refractivity contribution in [2.45, 2.75) is 19.5 Å². The number of hydrogen-bond acceptors (Lipinski definition) is 4. The predicted molar refractivity (Wildman–Crippen MR) is 111 cm³/mol. The molecule has 0 amide bonds. The van der Waals surface area contributed by atoms with E-state index in [1.807, 2.05) is 13.1 Å². The summed E-state index contributed by atoms with van der Waals surface area (Å²) in [4.78, 5) is 14.8. The number of fused-ring (bicyclic) bond motifs is 1. The molecule has 0 bridgehead atoms. The van der Waals surface area contributed by atoms with Gasteiger partial charge in [-0.15, -0.1) is 0 Å². The normalized spacial score (nSPS) is 12.2. The first kappa shape index (κ1) is 22.3. The van der Waals surface area contributed by atoms with E-state index in [9.17, 15) is 17.6 Å². The van der Waals surface area contributed by atoms with Gasteiger partial charge in [0.15, 0.2) is 5.96 Å². The van der Waals surface area contributed by atoms with E-state index in [0.29, 0.717) is 38.6 Å². The van der Waals surface area contributed by atoms with E-state index >= 15 is 0 Å². The van der Waals surface area contributed by atoms with Crippen molar-refractivity contribution in [1.29, 1.82) is 0 Å². The van der Waals surface area contributed by atoms with Gasteiger partial charge in [-0.25, -0.2) is 14.4 Å². The average Bonchev–Trinajstić information content (AvgIpc) is 3.13. The Labute approximate surface area is 176 Å². The molecule has 11 heteroatoms. The second-order valence-corrected chi connectivity index (χ2v) is 6.63. The number of hydrogen-bond donors (Lipinski definition) is 4. The standard InChI is InChI=1S/C20H23F4N7/c1-2-25-18(26-7-5-13-12-30-16-4-3-14(21)11-15(13)16)28-9-10-29-19-27-8-6-17(31-19)20(22,23)24/h3-4,6,8,11-12,30H,2,5,7,9-10H2,1H3,(H2,25,26,28)(H,27,29,31). The minimum atomic E-state index is -4.51. The summed E-state index contributed by atoms with van der Waals surface area (Å²) in [5.74, 6) is 0.189. The van der Waals surface area contributed by atoms with E-state index in [1.165, 1.54) is 12.1 Å². The first-order valence-electron chi connectivity index (χ1n) is 9.78. The second kappa shape index (κ2) is 10.1. The lowest BCUT2D eigenvalue weighted by atomic mass is 10.1. The van der Waals surface area contributed by atoms with Crippen LogP contribution in [0.4, 0.5) is 23.5 Å². The summed E-state index contributed by atoms with van der Waals surface area (Å²) >= 11 is 0. The molecule has 0 fully saturated rings. The van der Waals surface area contributed by atoms with Gasteiger partial charge in [-0.1, -0.05) is 0 Å². The Balaban J connectivity index is 1.50. The quantitative estimate of drug-likeness (QED) is 0.188. The number of anilines is 1. The topological polar surface area (TPSA) is 90.0 Å². The SMILES string of the molecule is CCNC(=NCCc1c[nH]c2ccc(F)cc12)NCCNc1nccc(C(F)(F)F)n1. The number of nitrogens with one attached hydrogen (secondary N) is 4. The minimum Gasteiger partial charge on any atom is -0.361 e. The van der Waals surface area contributed by atoms with Gasteiger partial charge in [0, 0.05) is 49.5 Å². The molecule has 7 nitrogen and oxygen atoms in total.